The first-order chi connectivity index (χ1) is 11.5. The van der Waals surface area contributed by atoms with Crippen molar-refractivity contribution >= 4 is 23.1 Å². The fourth-order valence-corrected chi connectivity index (χ4v) is 3.02. The number of rotatable bonds is 4. The van der Waals surface area contributed by atoms with Gasteiger partial charge in [0.2, 0.25) is 11.8 Å². The smallest absolute Gasteiger partial charge is 0.329 e. The topological polar surface area (TPSA) is 101 Å². The zero-order chi connectivity index (χ0) is 17.3. The molecule has 0 unspecified atom stereocenters. The van der Waals surface area contributed by atoms with Crippen LogP contribution in [0.2, 0.25) is 0 Å². The molecule has 1 saturated heterocycles. The summed E-state index contributed by atoms with van der Waals surface area (Å²) in [5.74, 6) is 0.341. The second kappa shape index (κ2) is 6.31. The Morgan fingerprint density at radius 2 is 2.21 bits per heavy atom. The van der Waals surface area contributed by atoms with Gasteiger partial charge in [-0.25, -0.2) is 4.98 Å². The van der Waals surface area contributed by atoms with Crippen LogP contribution in [0.5, 0.6) is 0 Å². The zero-order valence-corrected chi connectivity index (χ0v) is 13.7. The molecule has 1 aromatic carbocycles. The molecule has 2 heterocycles. The molecule has 0 spiro atoms. The van der Waals surface area contributed by atoms with E-state index in [4.69, 9.17) is 5.73 Å². The molecule has 0 aliphatic carbocycles. The molecule has 24 heavy (non-hydrogen) atoms. The molecule has 2 aromatic rings. The third-order valence-corrected chi connectivity index (χ3v) is 4.26. The van der Waals surface area contributed by atoms with Gasteiger partial charge >= 0.3 is 5.69 Å². The molecule has 0 bridgehead atoms. The molecule has 1 atom stereocenters. The predicted octanol–water partition coefficient (Wildman–Crippen LogP) is 2.37. The number of nitrogen functional groups attached to an aromatic ring is 1. The van der Waals surface area contributed by atoms with Crippen LogP contribution in [0, 0.1) is 10.1 Å². The van der Waals surface area contributed by atoms with Gasteiger partial charge in [0.25, 0.3) is 0 Å². The van der Waals surface area contributed by atoms with Crippen LogP contribution in [0.1, 0.15) is 24.4 Å². The lowest BCUT2D eigenvalue weighted by Crippen LogP contribution is -2.25. The van der Waals surface area contributed by atoms with E-state index in [1.54, 1.807) is 0 Å². The molecule has 1 aromatic heterocycles. The van der Waals surface area contributed by atoms with Crippen molar-refractivity contribution in [2.45, 2.75) is 18.9 Å². The number of nitro groups is 1. The number of nitrogens with two attached hydrogens (primary N) is 1. The molecule has 0 saturated carbocycles. The summed E-state index contributed by atoms with van der Waals surface area (Å²) in [6.45, 7) is 0.800. The Labute approximate surface area is 140 Å². The summed E-state index contributed by atoms with van der Waals surface area (Å²) in [5.41, 5.74) is 7.76. The van der Waals surface area contributed by atoms with Gasteiger partial charge in [-0.1, -0.05) is 12.1 Å². The number of hydrogen-bond donors (Lipinski definition) is 1. The highest BCUT2D eigenvalue weighted by Gasteiger charge is 2.29. The first-order valence-electron chi connectivity index (χ1n) is 7.78. The summed E-state index contributed by atoms with van der Waals surface area (Å²) in [5, 5.41) is 10.9. The largest absolute Gasteiger partial charge is 0.378 e. The number of hydrogen-bond acceptors (Lipinski definition) is 7. The summed E-state index contributed by atoms with van der Waals surface area (Å²) >= 11 is 0. The van der Waals surface area contributed by atoms with Crippen molar-refractivity contribution in [3.8, 4) is 0 Å². The summed E-state index contributed by atoms with van der Waals surface area (Å²) in [6.07, 6.45) is 3.18. The van der Waals surface area contributed by atoms with Crippen molar-refractivity contribution in [1.29, 1.82) is 0 Å². The minimum absolute atomic E-state index is 0.0994. The maximum absolute atomic E-state index is 10.9. The molecule has 126 valence electrons. The predicted molar refractivity (Wildman–Crippen MR) is 93.2 cm³/mol. The van der Waals surface area contributed by atoms with E-state index in [0.717, 1.165) is 25.1 Å². The monoisotopic (exact) mass is 328 g/mol. The maximum atomic E-state index is 10.9. The van der Waals surface area contributed by atoms with Gasteiger partial charge < -0.3 is 15.5 Å². The number of nitrogens with zero attached hydrogens (tertiary/aromatic N) is 5. The van der Waals surface area contributed by atoms with Crippen LogP contribution in [0.15, 0.2) is 30.5 Å². The summed E-state index contributed by atoms with van der Waals surface area (Å²) < 4.78 is 0. The maximum Gasteiger partial charge on any atom is 0.329 e. The number of aromatic nitrogens is 2. The van der Waals surface area contributed by atoms with Gasteiger partial charge in [0.15, 0.2) is 0 Å². The average molecular weight is 328 g/mol. The standard InChI is InChI=1S/C16H20N6O2/c1-20(2)12-6-3-5-11(9-12)13-7-4-8-21(13)16-18-10-14(22(23)24)15(17)19-16/h3,5-6,9-10,13H,4,7-8H2,1-2H3,(H2,17,18,19)/t13-/m0/s1. The fourth-order valence-electron chi connectivity index (χ4n) is 3.02. The number of anilines is 3. The Kier molecular flexibility index (Phi) is 4.20. The molecule has 1 fully saturated rings. The Hall–Kier alpha value is -2.90. The third-order valence-electron chi connectivity index (χ3n) is 4.26. The van der Waals surface area contributed by atoms with Crippen molar-refractivity contribution in [3.63, 3.8) is 0 Å². The summed E-state index contributed by atoms with van der Waals surface area (Å²) in [7, 11) is 4.01. The van der Waals surface area contributed by atoms with E-state index in [9.17, 15) is 10.1 Å². The molecule has 0 radical (unpaired) electrons. The Bertz CT molecular complexity index is 764. The van der Waals surface area contributed by atoms with Crippen LogP contribution in [0.4, 0.5) is 23.1 Å². The minimum atomic E-state index is -0.568. The van der Waals surface area contributed by atoms with E-state index in [1.165, 1.54) is 11.8 Å². The van der Waals surface area contributed by atoms with Gasteiger partial charge in [-0.2, -0.15) is 4.98 Å². The van der Waals surface area contributed by atoms with Crippen LogP contribution < -0.4 is 15.5 Å². The van der Waals surface area contributed by atoms with Crippen molar-refractivity contribution in [1.82, 2.24) is 9.97 Å². The number of benzene rings is 1. The highest BCUT2D eigenvalue weighted by molar-refractivity contribution is 5.55. The first kappa shape index (κ1) is 16.0. The normalized spacial score (nSPS) is 17.1. The third kappa shape index (κ3) is 2.94. The van der Waals surface area contributed by atoms with Crippen molar-refractivity contribution in [3.05, 3.63) is 46.1 Å². The average Bonchev–Trinajstić information content (AvgIpc) is 3.04. The molecule has 0 amide bonds. The van der Waals surface area contributed by atoms with E-state index in [-0.39, 0.29) is 17.5 Å². The van der Waals surface area contributed by atoms with Crippen molar-refractivity contribution in [2.75, 3.05) is 36.2 Å². The lowest BCUT2D eigenvalue weighted by molar-refractivity contribution is -0.384. The Morgan fingerprint density at radius 1 is 1.42 bits per heavy atom. The fraction of sp³-hybridized carbons (Fsp3) is 0.375. The molecule has 3 rings (SSSR count). The summed E-state index contributed by atoms with van der Waals surface area (Å²) in [4.78, 5) is 22.7. The Balaban J connectivity index is 1.92. The highest BCUT2D eigenvalue weighted by Crippen LogP contribution is 2.36. The van der Waals surface area contributed by atoms with Crippen LogP contribution in [0.25, 0.3) is 0 Å². The molecular weight excluding hydrogens is 308 g/mol. The van der Waals surface area contributed by atoms with Crippen LogP contribution in [-0.4, -0.2) is 35.5 Å². The van der Waals surface area contributed by atoms with Gasteiger partial charge in [0, 0.05) is 26.3 Å². The van der Waals surface area contributed by atoms with Gasteiger partial charge in [-0.05, 0) is 30.5 Å². The van der Waals surface area contributed by atoms with E-state index >= 15 is 0 Å². The lowest BCUT2D eigenvalue weighted by atomic mass is 10.0. The van der Waals surface area contributed by atoms with Gasteiger partial charge in [-0.15, -0.1) is 0 Å². The van der Waals surface area contributed by atoms with Crippen molar-refractivity contribution in [2.24, 2.45) is 0 Å². The lowest BCUT2D eigenvalue weighted by Gasteiger charge is -2.26. The molecule has 1 aliphatic rings. The van der Waals surface area contributed by atoms with E-state index < -0.39 is 4.92 Å². The molecule has 8 nitrogen and oxygen atoms in total. The van der Waals surface area contributed by atoms with E-state index in [1.807, 2.05) is 20.2 Å². The molecule has 1 aliphatic heterocycles. The molecular formula is C16H20N6O2. The van der Waals surface area contributed by atoms with Gasteiger partial charge in [0.1, 0.15) is 6.20 Å². The second-order valence-electron chi connectivity index (χ2n) is 6.04. The van der Waals surface area contributed by atoms with E-state index in [0.29, 0.717) is 5.95 Å². The Morgan fingerprint density at radius 3 is 2.88 bits per heavy atom. The van der Waals surface area contributed by atoms with Gasteiger partial charge in [-0.3, -0.25) is 10.1 Å². The minimum Gasteiger partial charge on any atom is -0.378 e. The summed E-state index contributed by atoms with van der Waals surface area (Å²) in [6, 6.07) is 8.48. The van der Waals surface area contributed by atoms with Crippen molar-refractivity contribution < 1.29 is 4.92 Å². The SMILES string of the molecule is CN(C)c1cccc([C@@H]2CCCN2c2ncc([N+](=O)[O-])c(N)n2)c1. The van der Waals surface area contributed by atoms with Gasteiger partial charge in [0.05, 0.1) is 11.0 Å². The van der Waals surface area contributed by atoms with Crippen LogP contribution in [-0.2, 0) is 0 Å². The molecule has 2 N–H and O–H groups in total. The molecule has 8 heteroatoms. The van der Waals surface area contributed by atoms with E-state index in [2.05, 4.69) is 38.0 Å². The van der Waals surface area contributed by atoms with Crippen LogP contribution >= 0.6 is 0 Å². The second-order valence-corrected chi connectivity index (χ2v) is 6.04. The first-order valence-corrected chi connectivity index (χ1v) is 7.78. The zero-order valence-electron chi connectivity index (χ0n) is 13.7. The highest BCUT2D eigenvalue weighted by atomic mass is 16.6. The van der Waals surface area contributed by atoms with Crippen LogP contribution in [0.3, 0.4) is 0 Å². The quantitative estimate of drug-likeness (QED) is 0.679.